The minimum absolute atomic E-state index is 0.174. The van der Waals surface area contributed by atoms with Gasteiger partial charge in [-0.25, -0.2) is 4.79 Å². The van der Waals surface area contributed by atoms with Crippen molar-refractivity contribution in [2.45, 2.75) is 90.2 Å². The van der Waals surface area contributed by atoms with E-state index in [1.807, 2.05) is 25.7 Å². The van der Waals surface area contributed by atoms with E-state index in [0.717, 1.165) is 51.5 Å². The fourth-order valence-electron chi connectivity index (χ4n) is 3.14. The number of nitriles is 1. The first kappa shape index (κ1) is 17.8. The number of hydrogen-bond donors (Lipinski definition) is 0. The molecule has 0 radical (unpaired) electrons. The summed E-state index contributed by atoms with van der Waals surface area (Å²) >= 11 is 0. The zero-order chi connectivity index (χ0) is 15.9. The molecule has 21 heavy (non-hydrogen) atoms. The monoisotopic (exact) mass is 294 g/mol. The third-order valence-corrected chi connectivity index (χ3v) is 4.16. The van der Waals surface area contributed by atoms with Crippen molar-refractivity contribution in [3.05, 3.63) is 0 Å². The molecule has 1 aliphatic rings. The van der Waals surface area contributed by atoms with E-state index in [0.29, 0.717) is 6.42 Å². The van der Waals surface area contributed by atoms with E-state index in [1.54, 1.807) is 0 Å². The molecule has 0 aromatic rings. The fourth-order valence-corrected chi connectivity index (χ4v) is 3.14. The third-order valence-electron chi connectivity index (χ3n) is 4.16. The molecular weight excluding hydrogens is 264 g/mol. The van der Waals surface area contributed by atoms with Crippen molar-refractivity contribution in [2.24, 2.45) is 0 Å². The fraction of sp³-hybridized carbons (Fsp3) is 0.882. The topological polar surface area (TPSA) is 53.3 Å². The van der Waals surface area contributed by atoms with Crippen molar-refractivity contribution < 1.29 is 9.53 Å². The maximum atomic E-state index is 12.6. The van der Waals surface area contributed by atoms with E-state index in [2.05, 4.69) is 13.0 Å². The summed E-state index contributed by atoms with van der Waals surface area (Å²) in [6.07, 6.45) is 7.38. The molecule has 4 nitrogen and oxygen atoms in total. The Kier molecular flexibility index (Phi) is 6.51. The number of ether oxygens (including phenoxy) is 1. The molecule has 0 aromatic heterocycles. The van der Waals surface area contributed by atoms with Crippen molar-refractivity contribution >= 4 is 6.09 Å². The van der Waals surface area contributed by atoms with E-state index in [-0.39, 0.29) is 11.6 Å². The van der Waals surface area contributed by atoms with E-state index >= 15 is 0 Å². The lowest BCUT2D eigenvalue weighted by Crippen LogP contribution is -2.55. The second-order valence-corrected chi connectivity index (χ2v) is 7.08. The van der Waals surface area contributed by atoms with Crippen molar-refractivity contribution in [3.63, 3.8) is 0 Å². The molecular formula is C17H30N2O2. The Labute approximate surface area is 129 Å². The molecule has 1 rings (SSSR count). The summed E-state index contributed by atoms with van der Waals surface area (Å²) in [5, 5.41) is 8.96. The van der Waals surface area contributed by atoms with Crippen molar-refractivity contribution in [1.82, 2.24) is 4.90 Å². The number of unbranched alkanes of at least 4 members (excludes halogenated alkanes) is 1. The molecule has 1 saturated heterocycles. The molecule has 0 bridgehead atoms. The molecule has 1 amide bonds. The highest BCUT2D eigenvalue weighted by atomic mass is 16.6. The Morgan fingerprint density at radius 2 is 2.05 bits per heavy atom. The Morgan fingerprint density at radius 1 is 1.33 bits per heavy atom. The number of amides is 1. The summed E-state index contributed by atoms with van der Waals surface area (Å²) in [6, 6.07) is 2.25. The van der Waals surface area contributed by atoms with Gasteiger partial charge in [0.25, 0.3) is 0 Å². The zero-order valence-corrected chi connectivity index (χ0v) is 14.1. The molecule has 0 aromatic carbocycles. The van der Waals surface area contributed by atoms with Gasteiger partial charge >= 0.3 is 6.09 Å². The first-order valence-electron chi connectivity index (χ1n) is 8.22. The van der Waals surface area contributed by atoms with Gasteiger partial charge in [0.05, 0.1) is 6.07 Å². The summed E-state index contributed by atoms with van der Waals surface area (Å²) in [7, 11) is 0. The molecule has 0 spiro atoms. The van der Waals surface area contributed by atoms with Gasteiger partial charge < -0.3 is 9.64 Å². The number of nitrogens with zero attached hydrogens (tertiary/aromatic N) is 2. The number of likely N-dealkylation sites (tertiary alicyclic amines) is 1. The van der Waals surface area contributed by atoms with Gasteiger partial charge in [0.15, 0.2) is 0 Å². The first-order valence-corrected chi connectivity index (χ1v) is 8.22. The Bertz CT molecular complexity index is 381. The number of carbonyl (C=O) groups is 1. The van der Waals surface area contributed by atoms with Crippen LogP contribution in [0.4, 0.5) is 4.79 Å². The van der Waals surface area contributed by atoms with Crippen molar-refractivity contribution in [3.8, 4) is 6.07 Å². The Hall–Kier alpha value is -1.24. The molecule has 0 N–H and O–H groups in total. The lowest BCUT2D eigenvalue weighted by molar-refractivity contribution is -0.0215. The van der Waals surface area contributed by atoms with Crippen LogP contribution in [0.5, 0.6) is 0 Å². The van der Waals surface area contributed by atoms with Gasteiger partial charge in [-0.15, -0.1) is 0 Å². The highest BCUT2D eigenvalue weighted by Gasteiger charge is 2.42. The Balaban J connectivity index is 2.92. The molecule has 1 heterocycles. The van der Waals surface area contributed by atoms with Gasteiger partial charge in [0.2, 0.25) is 0 Å². The van der Waals surface area contributed by atoms with Gasteiger partial charge in [0, 0.05) is 18.5 Å². The maximum absolute atomic E-state index is 12.6. The lowest BCUT2D eigenvalue weighted by Gasteiger charge is -2.47. The van der Waals surface area contributed by atoms with Crippen LogP contribution in [0.3, 0.4) is 0 Å². The Morgan fingerprint density at radius 3 is 2.62 bits per heavy atom. The predicted octanol–water partition coefficient (Wildman–Crippen LogP) is 4.64. The molecule has 1 unspecified atom stereocenters. The van der Waals surface area contributed by atoms with Gasteiger partial charge in [-0.2, -0.15) is 5.26 Å². The highest BCUT2D eigenvalue weighted by Crippen LogP contribution is 2.37. The average molecular weight is 294 g/mol. The van der Waals surface area contributed by atoms with Crippen LogP contribution in [0.25, 0.3) is 0 Å². The summed E-state index contributed by atoms with van der Waals surface area (Å²) in [6.45, 7) is 8.62. The normalized spacial score (nSPS) is 22.7. The van der Waals surface area contributed by atoms with E-state index in [1.165, 1.54) is 0 Å². The van der Waals surface area contributed by atoms with E-state index in [9.17, 15) is 4.79 Å². The molecule has 1 fully saturated rings. The third kappa shape index (κ3) is 5.22. The van der Waals surface area contributed by atoms with Crippen LogP contribution in [-0.4, -0.2) is 28.7 Å². The summed E-state index contributed by atoms with van der Waals surface area (Å²) in [5.74, 6) is 0. The van der Waals surface area contributed by atoms with Crippen LogP contribution >= 0.6 is 0 Å². The van der Waals surface area contributed by atoms with Crippen molar-refractivity contribution in [1.29, 1.82) is 5.26 Å². The van der Waals surface area contributed by atoms with Crippen LogP contribution < -0.4 is 0 Å². The van der Waals surface area contributed by atoms with Gasteiger partial charge in [-0.1, -0.05) is 19.8 Å². The SMILES string of the molecule is CCCCC1(CCC#N)CCCCN1C(=O)OC(C)(C)C. The largest absolute Gasteiger partial charge is 0.444 e. The lowest BCUT2D eigenvalue weighted by atomic mass is 9.79. The van der Waals surface area contributed by atoms with Gasteiger partial charge in [0.1, 0.15) is 5.60 Å². The summed E-state index contributed by atoms with van der Waals surface area (Å²) in [5.41, 5.74) is -0.646. The summed E-state index contributed by atoms with van der Waals surface area (Å²) in [4.78, 5) is 14.5. The maximum Gasteiger partial charge on any atom is 0.410 e. The standard InChI is InChI=1S/C17H30N2O2/c1-5-6-10-17(12-9-13-18)11-7-8-14-19(17)15(20)21-16(2,3)4/h5-12,14H2,1-4H3. The van der Waals surface area contributed by atoms with Crippen LogP contribution in [0.1, 0.15) is 79.1 Å². The predicted molar refractivity (Wildman–Crippen MR) is 83.9 cm³/mol. The molecule has 1 atom stereocenters. The number of hydrogen-bond acceptors (Lipinski definition) is 3. The van der Waals surface area contributed by atoms with Gasteiger partial charge in [-0.3, -0.25) is 0 Å². The van der Waals surface area contributed by atoms with E-state index in [4.69, 9.17) is 10.00 Å². The highest BCUT2D eigenvalue weighted by molar-refractivity contribution is 5.69. The second-order valence-electron chi connectivity index (χ2n) is 7.08. The van der Waals surface area contributed by atoms with Crippen LogP contribution in [0.2, 0.25) is 0 Å². The van der Waals surface area contributed by atoms with Crippen LogP contribution in [0.15, 0.2) is 0 Å². The second kappa shape index (κ2) is 7.68. The number of piperidine rings is 1. The minimum Gasteiger partial charge on any atom is -0.444 e. The summed E-state index contributed by atoms with van der Waals surface area (Å²) < 4.78 is 5.60. The molecule has 120 valence electrons. The number of carbonyl (C=O) groups excluding carboxylic acids is 1. The quantitative estimate of drug-likeness (QED) is 0.742. The van der Waals surface area contributed by atoms with E-state index < -0.39 is 5.60 Å². The zero-order valence-electron chi connectivity index (χ0n) is 14.1. The number of rotatable bonds is 5. The molecule has 0 saturated carbocycles. The van der Waals surface area contributed by atoms with Crippen LogP contribution in [0, 0.1) is 11.3 Å². The molecule has 1 aliphatic heterocycles. The van der Waals surface area contributed by atoms with Crippen molar-refractivity contribution in [2.75, 3.05) is 6.54 Å². The smallest absolute Gasteiger partial charge is 0.410 e. The molecule has 4 heteroatoms. The average Bonchev–Trinajstić information content (AvgIpc) is 2.41. The van der Waals surface area contributed by atoms with Gasteiger partial charge in [-0.05, 0) is 52.9 Å². The minimum atomic E-state index is -0.472. The molecule has 0 aliphatic carbocycles. The van der Waals surface area contributed by atoms with Crippen LogP contribution in [-0.2, 0) is 4.74 Å². The first-order chi connectivity index (χ1) is 9.84.